The van der Waals surface area contributed by atoms with E-state index in [2.05, 4.69) is 10.3 Å². The van der Waals surface area contributed by atoms with Gasteiger partial charge in [0.2, 0.25) is 5.91 Å². The third-order valence-electron chi connectivity index (χ3n) is 3.81. The van der Waals surface area contributed by atoms with Gasteiger partial charge in [0.1, 0.15) is 5.82 Å². The molecule has 2 rings (SSSR count). The summed E-state index contributed by atoms with van der Waals surface area (Å²) in [4.78, 5) is 17.7. The Morgan fingerprint density at radius 3 is 2.35 bits per heavy atom. The van der Waals surface area contributed by atoms with Gasteiger partial charge >= 0.3 is 6.18 Å². The van der Waals surface area contributed by atoms with E-state index in [1.807, 2.05) is 4.90 Å². The highest BCUT2D eigenvalue weighted by Gasteiger charge is 2.31. The first-order valence-corrected chi connectivity index (χ1v) is 7.45. The summed E-state index contributed by atoms with van der Waals surface area (Å²) < 4.78 is 37.6. The molecule has 5 nitrogen and oxygen atoms in total. The van der Waals surface area contributed by atoms with Crippen molar-refractivity contribution in [2.75, 3.05) is 18.0 Å². The molecule has 8 heteroatoms. The summed E-state index contributed by atoms with van der Waals surface area (Å²) in [5, 5.41) is 2.90. The summed E-state index contributed by atoms with van der Waals surface area (Å²) in [6.45, 7) is 4.52. The maximum absolute atomic E-state index is 12.5. The highest BCUT2D eigenvalue weighted by atomic mass is 19.4. The molecule has 128 valence electrons. The van der Waals surface area contributed by atoms with Crippen LogP contribution in [-0.2, 0) is 11.0 Å². The topological polar surface area (TPSA) is 71.2 Å². The van der Waals surface area contributed by atoms with Crippen LogP contribution in [0.5, 0.6) is 0 Å². The molecule has 2 heterocycles. The van der Waals surface area contributed by atoms with Crippen LogP contribution in [0.25, 0.3) is 0 Å². The number of nitrogens with zero attached hydrogens (tertiary/aromatic N) is 2. The quantitative estimate of drug-likeness (QED) is 0.888. The van der Waals surface area contributed by atoms with Gasteiger partial charge in [-0.2, -0.15) is 13.2 Å². The van der Waals surface area contributed by atoms with Crippen molar-refractivity contribution in [3.63, 3.8) is 0 Å². The van der Waals surface area contributed by atoms with Crippen molar-refractivity contribution in [3.05, 3.63) is 23.9 Å². The minimum atomic E-state index is -4.38. The molecule has 0 aliphatic carbocycles. The van der Waals surface area contributed by atoms with Gasteiger partial charge < -0.3 is 16.0 Å². The second kappa shape index (κ2) is 6.35. The highest BCUT2D eigenvalue weighted by Crippen LogP contribution is 2.29. The Bertz CT molecular complexity index is 543. The van der Waals surface area contributed by atoms with Gasteiger partial charge in [0.25, 0.3) is 0 Å². The smallest absolute Gasteiger partial charge is 0.356 e. The van der Waals surface area contributed by atoms with Crippen molar-refractivity contribution < 1.29 is 18.0 Å². The number of anilines is 1. The summed E-state index contributed by atoms with van der Waals surface area (Å²) in [7, 11) is 0. The van der Waals surface area contributed by atoms with E-state index in [-0.39, 0.29) is 11.9 Å². The molecule has 1 aliphatic rings. The van der Waals surface area contributed by atoms with Gasteiger partial charge in [0.05, 0.1) is 11.1 Å². The Morgan fingerprint density at radius 2 is 1.91 bits per heavy atom. The molecule has 1 saturated heterocycles. The van der Waals surface area contributed by atoms with E-state index in [0.29, 0.717) is 31.7 Å². The zero-order valence-corrected chi connectivity index (χ0v) is 13.2. The maximum atomic E-state index is 12.5. The molecule has 0 bridgehead atoms. The summed E-state index contributed by atoms with van der Waals surface area (Å²) >= 11 is 0. The van der Waals surface area contributed by atoms with Crippen LogP contribution in [0.3, 0.4) is 0 Å². The van der Waals surface area contributed by atoms with Crippen LogP contribution in [0.1, 0.15) is 32.3 Å². The largest absolute Gasteiger partial charge is 0.417 e. The second-order valence-corrected chi connectivity index (χ2v) is 6.36. The molecule has 1 fully saturated rings. The fourth-order valence-corrected chi connectivity index (χ4v) is 2.37. The molecule has 1 aromatic heterocycles. The minimum absolute atomic E-state index is 0.0241. The molecule has 1 aromatic rings. The normalized spacial score (nSPS) is 17.2. The van der Waals surface area contributed by atoms with Gasteiger partial charge in [0.15, 0.2) is 0 Å². The van der Waals surface area contributed by atoms with Gasteiger partial charge in [-0.25, -0.2) is 4.98 Å². The van der Waals surface area contributed by atoms with Gasteiger partial charge in [-0.05, 0) is 38.8 Å². The molecule has 1 amide bonds. The molecule has 0 radical (unpaired) electrons. The number of carbonyl (C=O) groups is 1. The first-order chi connectivity index (χ1) is 10.6. The monoisotopic (exact) mass is 330 g/mol. The predicted octanol–water partition coefficient (Wildman–Crippen LogP) is 1.92. The maximum Gasteiger partial charge on any atom is 0.417 e. The summed E-state index contributed by atoms with van der Waals surface area (Å²) in [6.07, 6.45) is -2.13. The third-order valence-corrected chi connectivity index (χ3v) is 3.81. The molecular weight excluding hydrogens is 309 g/mol. The first-order valence-electron chi connectivity index (χ1n) is 7.45. The van der Waals surface area contributed by atoms with Crippen LogP contribution < -0.4 is 16.0 Å². The number of hydrogen-bond donors (Lipinski definition) is 2. The number of rotatable bonds is 3. The molecule has 0 spiro atoms. The van der Waals surface area contributed by atoms with Crippen LogP contribution in [0.15, 0.2) is 18.3 Å². The Kier molecular flexibility index (Phi) is 4.84. The van der Waals surface area contributed by atoms with Crippen molar-refractivity contribution in [2.45, 2.75) is 44.4 Å². The molecule has 23 heavy (non-hydrogen) atoms. The average Bonchev–Trinajstić information content (AvgIpc) is 2.46. The number of piperidine rings is 1. The Balaban J connectivity index is 1.91. The number of halogens is 3. The van der Waals surface area contributed by atoms with Crippen LogP contribution in [-0.4, -0.2) is 35.6 Å². The lowest BCUT2D eigenvalue weighted by molar-refractivity contribution is -0.137. The number of amides is 1. The van der Waals surface area contributed by atoms with Crippen molar-refractivity contribution in [2.24, 2.45) is 5.73 Å². The van der Waals surface area contributed by atoms with Crippen molar-refractivity contribution in [3.8, 4) is 0 Å². The molecule has 0 unspecified atom stereocenters. The first kappa shape index (κ1) is 17.5. The summed E-state index contributed by atoms with van der Waals surface area (Å²) in [6, 6.07) is 2.44. The SMILES string of the molecule is CC(C)(N)C(=O)NC1CCN(c2ccc(C(F)(F)F)cn2)CC1. The molecule has 0 atom stereocenters. The van der Waals surface area contributed by atoms with Crippen LogP contribution in [0.2, 0.25) is 0 Å². The van der Waals surface area contributed by atoms with E-state index in [1.165, 1.54) is 6.07 Å². The molecule has 1 aliphatic heterocycles. The van der Waals surface area contributed by atoms with Crippen molar-refractivity contribution in [1.29, 1.82) is 0 Å². The number of pyridine rings is 1. The van der Waals surface area contributed by atoms with E-state index in [9.17, 15) is 18.0 Å². The van der Waals surface area contributed by atoms with E-state index in [4.69, 9.17) is 5.73 Å². The van der Waals surface area contributed by atoms with Gasteiger partial charge in [-0.3, -0.25) is 4.79 Å². The van der Waals surface area contributed by atoms with Crippen LogP contribution in [0, 0.1) is 0 Å². The number of nitrogens with one attached hydrogen (secondary N) is 1. The zero-order valence-electron chi connectivity index (χ0n) is 13.2. The number of hydrogen-bond acceptors (Lipinski definition) is 4. The van der Waals surface area contributed by atoms with Crippen molar-refractivity contribution >= 4 is 11.7 Å². The lowest BCUT2D eigenvalue weighted by Crippen LogP contribution is -2.54. The Hall–Kier alpha value is -1.83. The van der Waals surface area contributed by atoms with Crippen LogP contribution >= 0.6 is 0 Å². The average molecular weight is 330 g/mol. The van der Waals surface area contributed by atoms with Gasteiger partial charge in [-0.15, -0.1) is 0 Å². The number of nitrogens with two attached hydrogens (primary N) is 1. The van der Waals surface area contributed by atoms with Crippen molar-refractivity contribution in [1.82, 2.24) is 10.3 Å². The second-order valence-electron chi connectivity index (χ2n) is 6.36. The third kappa shape index (κ3) is 4.57. The summed E-state index contributed by atoms with van der Waals surface area (Å²) in [5.74, 6) is 0.311. The predicted molar refractivity (Wildman–Crippen MR) is 80.9 cm³/mol. The van der Waals surface area contributed by atoms with E-state index in [0.717, 1.165) is 12.3 Å². The molecule has 0 saturated carbocycles. The van der Waals surface area contributed by atoms with Crippen LogP contribution in [0.4, 0.5) is 19.0 Å². The molecule has 3 N–H and O–H groups in total. The van der Waals surface area contributed by atoms with E-state index >= 15 is 0 Å². The van der Waals surface area contributed by atoms with E-state index in [1.54, 1.807) is 13.8 Å². The Labute approximate surface area is 133 Å². The molecule has 0 aromatic carbocycles. The number of aromatic nitrogens is 1. The minimum Gasteiger partial charge on any atom is -0.356 e. The lowest BCUT2D eigenvalue weighted by atomic mass is 10.0. The fourth-order valence-electron chi connectivity index (χ4n) is 2.37. The zero-order chi connectivity index (χ0) is 17.3. The number of alkyl halides is 3. The fraction of sp³-hybridized carbons (Fsp3) is 0.600. The molecular formula is C15H21F3N4O. The number of carbonyl (C=O) groups excluding carboxylic acids is 1. The summed E-state index contributed by atoms with van der Waals surface area (Å²) in [5.41, 5.74) is 4.06. The highest BCUT2D eigenvalue weighted by molar-refractivity contribution is 5.85. The van der Waals surface area contributed by atoms with E-state index < -0.39 is 17.3 Å². The van der Waals surface area contributed by atoms with Gasteiger partial charge in [-0.1, -0.05) is 0 Å². The van der Waals surface area contributed by atoms with Gasteiger partial charge in [0, 0.05) is 25.3 Å². The standard InChI is InChI=1S/C15H21F3N4O/c1-14(2,19)13(23)21-11-5-7-22(8-6-11)12-4-3-10(9-20-12)15(16,17)18/h3-4,9,11H,5-8,19H2,1-2H3,(H,21,23). The Morgan fingerprint density at radius 1 is 1.30 bits per heavy atom. The lowest BCUT2D eigenvalue weighted by Gasteiger charge is -2.34.